The number of para-hydroxylation sites is 1. The number of carbonyl (C=O) groups excluding carboxylic acids is 1. The Balaban J connectivity index is 1.39. The first-order valence-electron chi connectivity index (χ1n) is 15.0. The molecule has 1 saturated carbocycles. The highest BCUT2D eigenvalue weighted by atomic mass is 31.2. The number of aliphatic hydroxyl groups excluding tert-OH is 1. The van der Waals surface area contributed by atoms with Crippen molar-refractivity contribution in [2.24, 2.45) is 0 Å². The molecule has 2 fully saturated rings. The lowest BCUT2D eigenvalue weighted by Crippen LogP contribution is -2.50. The summed E-state index contributed by atoms with van der Waals surface area (Å²) in [5, 5.41) is 24.9. The van der Waals surface area contributed by atoms with Crippen LogP contribution in [0.3, 0.4) is 0 Å². The van der Waals surface area contributed by atoms with Crippen LogP contribution in [-0.2, 0) is 23.4 Å². The number of nitrogens with zero attached hydrogens (tertiary/aromatic N) is 4. The van der Waals surface area contributed by atoms with Crippen molar-refractivity contribution in [1.82, 2.24) is 24.6 Å². The van der Waals surface area contributed by atoms with Gasteiger partial charge < -0.3 is 28.9 Å². The van der Waals surface area contributed by atoms with Crippen molar-refractivity contribution in [3.8, 4) is 24.0 Å². The average molecular weight is 662 g/mol. The minimum atomic E-state index is -4.59. The standard InChI is InChI=1S/C30H37FN5O9P/c1-5-29(39)27(38)30(31,44-28(29)36-18-32-23-24(36)33-20(4)34-25(23)41-6-2)17-42-46(40,45-22-15-11-8-12-16-22)35-19(3)26(37)43-21-13-9-7-10-14-21/h1,8,11-12,15-16,18-19,21,27-28,38-39H,6-7,9-10,13-14,17H2,2-4H3,(H,35,40)/t19?,27-,28+,29+,30+,46-/m0/s1. The van der Waals surface area contributed by atoms with E-state index in [1.54, 1.807) is 32.0 Å². The molecule has 1 saturated heterocycles. The lowest BCUT2D eigenvalue weighted by atomic mass is 9.94. The number of carbonyl (C=O) groups is 1. The number of aryl methyl sites for hydroxylation is 1. The maximum Gasteiger partial charge on any atom is 0.459 e. The first kappa shape index (κ1) is 33.7. The number of alkyl halides is 1. The summed E-state index contributed by atoms with van der Waals surface area (Å²) < 4.78 is 59.4. The van der Waals surface area contributed by atoms with Gasteiger partial charge >= 0.3 is 13.7 Å². The number of aliphatic hydroxyl groups is 2. The van der Waals surface area contributed by atoms with Crippen LogP contribution in [-0.4, -0.2) is 78.6 Å². The van der Waals surface area contributed by atoms with E-state index in [-0.39, 0.29) is 41.3 Å². The maximum atomic E-state index is 16.5. The van der Waals surface area contributed by atoms with Crippen LogP contribution in [0.25, 0.3) is 11.2 Å². The molecule has 1 aromatic carbocycles. The number of rotatable bonds is 12. The van der Waals surface area contributed by atoms with E-state index in [1.165, 1.54) is 25.4 Å². The van der Waals surface area contributed by atoms with Crippen LogP contribution in [0.15, 0.2) is 36.7 Å². The molecule has 0 spiro atoms. The number of hydrogen-bond acceptors (Lipinski definition) is 12. The van der Waals surface area contributed by atoms with Gasteiger partial charge in [0.15, 0.2) is 23.5 Å². The van der Waals surface area contributed by atoms with Crippen LogP contribution in [0.5, 0.6) is 11.6 Å². The van der Waals surface area contributed by atoms with Crippen LogP contribution in [0.1, 0.15) is 58.0 Å². The number of fused-ring (bicyclic) bond motifs is 1. The Bertz CT molecular complexity index is 1630. The van der Waals surface area contributed by atoms with Crippen molar-refractivity contribution < 1.29 is 47.2 Å². The second-order valence-corrected chi connectivity index (χ2v) is 12.9. The van der Waals surface area contributed by atoms with Crippen molar-refractivity contribution in [2.75, 3.05) is 13.2 Å². The first-order valence-corrected chi connectivity index (χ1v) is 16.5. The van der Waals surface area contributed by atoms with Gasteiger partial charge in [0.1, 0.15) is 30.3 Å². The fraction of sp³-hybridized carbons (Fsp3) is 0.533. The highest BCUT2D eigenvalue weighted by Gasteiger charge is 2.66. The fourth-order valence-electron chi connectivity index (χ4n) is 5.36. The predicted molar refractivity (Wildman–Crippen MR) is 161 cm³/mol. The third-order valence-corrected chi connectivity index (χ3v) is 9.34. The minimum Gasteiger partial charge on any atom is -0.476 e. The fourth-order valence-corrected chi connectivity index (χ4v) is 6.87. The Morgan fingerprint density at radius 3 is 2.67 bits per heavy atom. The second-order valence-electron chi connectivity index (χ2n) is 11.2. The molecule has 1 aliphatic heterocycles. The first-order chi connectivity index (χ1) is 21.9. The molecular formula is C30H37FN5O9P. The van der Waals surface area contributed by atoms with Gasteiger partial charge in [-0.3, -0.25) is 13.9 Å². The van der Waals surface area contributed by atoms with E-state index in [9.17, 15) is 19.6 Å². The number of benzene rings is 1. The van der Waals surface area contributed by atoms with E-state index in [2.05, 4.69) is 20.0 Å². The summed E-state index contributed by atoms with van der Waals surface area (Å²) in [7, 11) is -4.59. The maximum absolute atomic E-state index is 16.5. The Hall–Kier alpha value is -3.64. The molecule has 14 nitrogen and oxygen atoms in total. The third kappa shape index (κ3) is 6.88. The van der Waals surface area contributed by atoms with Gasteiger partial charge in [-0.1, -0.05) is 30.5 Å². The van der Waals surface area contributed by atoms with Gasteiger partial charge in [-0.25, -0.2) is 18.9 Å². The summed E-state index contributed by atoms with van der Waals surface area (Å²) in [5.41, 5.74) is -2.42. The zero-order chi connectivity index (χ0) is 33.1. The van der Waals surface area contributed by atoms with Crippen LogP contribution < -0.4 is 14.3 Å². The summed E-state index contributed by atoms with van der Waals surface area (Å²) in [6.45, 7) is 3.76. The monoisotopic (exact) mass is 661 g/mol. The smallest absolute Gasteiger partial charge is 0.459 e. The topological polar surface area (TPSA) is 176 Å². The van der Waals surface area contributed by atoms with Crippen molar-refractivity contribution in [1.29, 1.82) is 0 Å². The summed E-state index contributed by atoms with van der Waals surface area (Å²) in [6.07, 6.45) is 6.68. The van der Waals surface area contributed by atoms with E-state index in [1.807, 2.05) is 5.92 Å². The third-order valence-electron chi connectivity index (χ3n) is 7.72. The van der Waals surface area contributed by atoms with Crippen LogP contribution in [0.4, 0.5) is 4.39 Å². The number of imidazole rings is 1. The molecule has 3 heterocycles. The number of halogens is 1. The summed E-state index contributed by atoms with van der Waals surface area (Å²) in [6, 6.07) is 6.67. The SMILES string of the molecule is C#C[C@]1(O)[C@H](n2cnc3c(OCC)nc(C)nc32)O[C@](F)(CO[P@@](=O)(NC(C)C(=O)OC2CCCCC2)Oc2ccccc2)[C@H]1O. The Morgan fingerprint density at radius 1 is 1.28 bits per heavy atom. The molecule has 3 N–H and O–H groups in total. The number of ether oxygens (including phenoxy) is 3. The van der Waals surface area contributed by atoms with Gasteiger partial charge in [0.2, 0.25) is 11.5 Å². The summed E-state index contributed by atoms with van der Waals surface area (Å²) >= 11 is 0. The number of nitrogens with one attached hydrogen (secondary N) is 1. The Morgan fingerprint density at radius 2 is 2.00 bits per heavy atom. The van der Waals surface area contributed by atoms with Crippen molar-refractivity contribution in [2.45, 2.75) is 88.8 Å². The Labute approximate surface area is 265 Å². The van der Waals surface area contributed by atoms with Gasteiger partial charge in [-0.2, -0.15) is 10.1 Å². The molecule has 0 bridgehead atoms. The van der Waals surface area contributed by atoms with Gasteiger partial charge in [0.05, 0.1) is 12.9 Å². The molecule has 0 amide bonds. The molecule has 1 aliphatic carbocycles. The minimum absolute atomic E-state index is 0.0787. The summed E-state index contributed by atoms with van der Waals surface area (Å²) in [4.78, 5) is 25.6. The van der Waals surface area contributed by atoms with E-state index in [0.717, 1.165) is 36.7 Å². The molecule has 2 aromatic heterocycles. The zero-order valence-electron chi connectivity index (χ0n) is 25.7. The molecule has 2 aliphatic rings. The molecule has 6 atom stereocenters. The number of aromatic nitrogens is 4. The predicted octanol–water partition coefficient (Wildman–Crippen LogP) is 3.51. The lowest BCUT2D eigenvalue weighted by Gasteiger charge is -2.29. The van der Waals surface area contributed by atoms with Gasteiger partial charge in [-0.05, 0) is 58.6 Å². The van der Waals surface area contributed by atoms with Gasteiger partial charge in [0.25, 0.3) is 5.85 Å². The van der Waals surface area contributed by atoms with Crippen molar-refractivity contribution >= 4 is 24.9 Å². The molecule has 248 valence electrons. The number of terminal acetylenes is 1. The lowest BCUT2D eigenvalue weighted by molar-refractivity contribution is -0.202. The van der Waals surface area contributed by atoms with E-state index < -0.39 is 50.2 Å². The largest absolute Gasteiger partial charge is 0.476 e. The molecule has 5 rings (SSSR count). The van der Waals surface area contributed by atoms with Crippen LogP contribution in [0.2, 0.25) is 0 Å². The number of hydrogen-bond donors (Lipinski definition) is 3. The van der Waals surface area contributed by atoms with E-state index in [0.29, 0.717) is 0 Å². The normalized spacial score (nSPS) is 27.1. The zero-order valence-corrected chi connectivity index (χ0v) is 26.6. The van der Waals surface area contributed by atoms with Crippen LogP contribution in [0, 0.1) is 19.3 Å². The van der Waals surface area contributed by atoms with Crippen molar-refractivity contribution in [3.63, 3.8) is 0 Å². The van der Waals surface area contributed by atoms with E-state index in [4.69, 9.17) is 29.7 Å². The number of esters is 1. The van der Waals surface area contributed by atoms with Gasteiger partial charge in [0, 0.05) is 0 Å². The molecule has 1 unspecified atom stereocenters. The highest BCUT2D eigenvalue weighted by molar-refractivity contribution is 7.52. The van der Waals surface area contributed by atoms with Crippen molar-refractivity contribution in [3.05, 3.63) is 42.5 Å². The van der Waals surface area contributed by atoms with E-state index >= 15 is 4.39 Å². The molecule has 16 heteroatoms. The molecule has 3 aromatic rings. The highest BCUT2D eigenvalue weighted by Crippen LogP contribution is 2.51. The molecule has 0 radical (unpaired) electrons. The second kappa shape index (κ2) is 13.6. The average Bonchev–Trinajstić information content (AvgIpc) is 3.54. The molecule has 46 heavy (non-hydrogen) atoms. The summed E-state index contributed by atoms with van der Waals surface area (Å²) in [5.74, 6) is -1.43. The van der Waals surface area contributed by atoms with Gasteiger partial charge in [-0.15, -0.1) is 6.42 Å². The quantitative estimate of drug-likeness (QED) is 0.146. The van der Waals surface area contributed by atoms with Crippen LogP contribution >= 0.6 is 7.75 Å². The molecular weight excluding hydrogens is 624 g/mol. The Kier molecular flexibility index (Phi) is 9.97.